The predicted molar refractivity (Wildman–Crippen MR) is 196 cm³/mol. The molecule has 2 saturated heterocycles. The molecule has 1 aromatic rings. The number of carboxylic acids is 2. The van der Waals surface area contributed by atoms with Crippen LogP contribution in [-0.4, -0.2) is 63.1 Å². The molecule has 0 bridgehead atoms. The van der Waals surface area contributed by atoms with Crippen LogP contribution in [0.3, 0.4) is 0 Å². The van der Waals surface area contributed by atoms with Crippen LogP contribution in [0.2, 0.25) is 0 Å². The number of aliphatic carboxylic acids is 2. The molecule has 0 saturated carbocycles. The van der Waals surface area contributed by atoms with Crippen molar-refractivity contribution in [2.75, 3.05) is 14.1 Å². The molecule has 49 heavy (non-hydrogen) atoms. The van der Waals surface area contributed by atoms with Gasteiger partial charge in [-0.1, -0.05) is 67.0 Å². The molecule has 0 amide bonds. The number of rotatable bonds is 9. The van der Waals surface area contributed by atoms with E-state index in [1.165, 1.54) is 0 Å². The summed E-state index contributed by atoms with van der Waals surface area (Å²) in [6.07, 6.45) is 3.38. The lowest BCUT2D eigenvalue weighted by molar-refractivity contribution is -0.359. The van der Waals surface area contributed by atoms with Crippen LogP contribution in [0, 0.1) is 22.7 Å². The lowest BCUT2D eigenvalue weighted by atomic mass is 9.42. The average Bonchev–Trinajstić information content (AvgIpc) is 2.90. The Morgan fingerprint density at radius 2 is 1.02 bits per heavy atom. The van der Waals surface area contributed by atoms with Crippen LogP contribution in [0.4, 0.5) is 0 Å². The molecule has 2 aliphatic heterocycles. The van der Waals surface area contributed by atoms with Crippen molar-refractivity contribution in [3.05, 3.63) is 28.8 Å². The zero-order valence-electron chi connectivity index (χ0n) is 34.2. The first-order chi connectivity index (χ1) is 21.8. The third kappa shape index (κ3) is 7.06. The fourth-order valence-electron chi connectivity index (χ4n) is 10.6. The number of likely N-dealkylation sites (tertiary alicyclic amines) is 2. The van der Waals surface area contributed by atoms with Crippen molar-refractivity contribution in [3.63, 3.8) is 0 Å². The number of carbonyl (C=O) groups excluding carboxylic acids is 2. The molecule has 2 aliphatic rings. The van der Waals surface area contributed by atoms with Gasteiger partial charge in [0, 0.05) is 22.2 Å². The molecule has 7 heteroatoms. The van der Waals surface area contributed by atoms with Gasteiger partial charge in [-0.05, 0) is 153 Å². The van der Waals surface area contributed by atoms with Gasteiger partial charge in [-0.15, -0.1) is 0 Å². The molecule has 0 unspecified atom stereocenters. The topological polar surface area (TPSA) is 107 Å². The maximum atomic E-state index is 14.3. The first-order valence-corrected chi connectivity index (χ1v) is 18.6. The van der Waals surface area contributed by atoms with Crippen LogP contribution in [0.25, 0.3) is 0 Å². The van der Waals surface area contributed by atoms with E-state index in [2.05, 4.69) is 86.2 Å². The second kappa shape index (κ2) is 12.8. The number of aromatic hydroxyl groups is 1. The Balaban J connectivity index is 2.57. The number of nitrogens with zero attached hydrogens (tertiary/aromatic N) is 2. The zero-order valence-corrected chi connectivity index (χ0v) is 34.2. The molecular weight excluding hydrogens is 612 g/mol. The van der Waals surface area contributed by atoms with E-state index in [1.807, 2.05) is 53.7 Å². The van der Waals surface area contributed by atoms with Gasteiger partial charge in [-0.25, -0.2) is 0 Å². The molecule has 0 aromatic heterocycles. The molecule has 0 spiro atoms. The van der Waals surface area contributed by atoms with Crippen molar-refractivity contribution < 1.29 is 24.9 Å². The molecule has 7 nitrogen and oxygen atoms in total. The lowest BCUT2D eigenvalue weighted by Gasteiger charge is -2.68. The molecule has 3 rings (SSSR count). The molecule has 0 atom stereocenters. The maximum absolute atomic E-state index is 14.3. The predicted octanol–water partition coefficient (Wildman–Crippen LogP) is 6.60. The molecule has 0 aliphatic carbocycles. The average molecular weight is 683 g/mol. The molecule has 280 valence electrons. The number of phenolic OH excluding ortho intramolecular Hbond substituents is 1. The smallest absolute Gasteiger partial charge is 0.123 e. The Morgan fingerprint density at radius 1 is 0.714 bits per heavy atom. The fraction of sp³-hybridized carbons (Fsp3) is 0.810. The summed E-state index contributed by atoms with van der Waals surface area (Å²) in [6.45, 7) is 31.7. The summed E-state index contributed by atoms with van der Waals surface area (Å²) in [5.74, 6) is -3.44. The monoisotopic (exact) mass is 683 g/mol. The minimum absolute atomic E-state index is 0.175. The summed E-state index contributed by atoms with van der Waals surface area (Å²) in [4.78, 5) is 33.3. The summed E-state index contributed by atoms with van der Waals surface area (Å²) in [5, 5.41) is 40.1. The second-order valence-electron chi connectivity index (χ2n) is 20.6. The van der Waals surface area contributed by atoms with Gasteiger partial charge in [0.2, 0.25) is 0 Å². The van der Waals surface area contributed by atoms with E-state index >= 15 is 0 Å². The van der Waals surface area contributed by atoms with Crippen LogP contribution < -0.4 is 10.2 Å². The largest absolute Gasteiger partial charge is 0.549 e. The molecule has 1 N–H and O–H groups in total. The van der Waals surface area contributed by atoms with E-state index in [-0.39, 0.29) is 46.2 Å². The Bertz CT molecular complexity index is 1280. The van der Waals surface area contributed by atoms with Gasteiger partial charge in [0.25, 0.3) is 0 Å². The van der Waals surface area contributed by atoms with E-state index in [9.17, 15) is 24.9 Å². The number of phenols is 1. The van der Waals surface area contributed by atoms with Crippen molar-refractivity contribution in [3.8, 4) is 5.75 Å². The van der Waals surface area contributed by atoms with Crippen LogP contribution in [-0.2, 0) is 26.8 Å². The van der Waals surface area contributed by atoms with Gasteiger partial charge in [-0.2, -0.15) is 0 Å². The standard InChI is InChI=1S/C42H72N2O5/c1-18-19-41(28-23-37(8,9)43(16)38(10,11)24-28,29-25-39(12,13)44(17)40(14,15)26-29)42(33(46)47,34(48)49)22-27-20-30(35(2,3)4)32(45)31(21-27)36(5,6)7/h20-21,28-29,45H,18-19,22-26H2,1-17H3,(H,46,47)(H,48,49)/p-2. The Morgan fingerprint density at radius 3 is 1.27 bits per heavy atom. The van der Waals surface area contributed by atoms with Crippen molar-refractivity contribution >= 4 is 11.9 Å². The highest BCUT2D eigenvalue weighted by Gasteiger charge is 2.65. The van der Waals surface area contributed by atoms with E-state index in [1.54, 1.807) is 0 Å². The number of piperidine rings is 2. The van der Waals surface area contributed by atoms with Gasteiger partial charge < -0.3 is 24.9 Å². The zero-order chi connectivity index (χ0) is 38.1. The molecule has 1 aromatic carbocycles. The SMILES string of the molecule is CCCC(C1CC(C)(C)N(C)C(C)(C)C1)(C1CC(C)(C)N(C)C(C)(C)C1)C(Cc1cc(C(C)(C)C)c(O)c(C(C)(C)C)c1)(C(=O)[O-])C(=O)[O-]. The minimum Gasteiger partial charge on any atom is -0.549 e. The van der Waals surface area contributed by atoms with Gasteiger partial charge in [0.05, 0.1) is 17.4 Å². The third-order valence-electron chi connectivity index (χ3n) is 13.5. The highest BCUT2D eigenvalue weighted by Crippen LogP contribution is 2.65. The Kier molecular flexibility index (Phi) is 10.8. The summed E-state index contributed by atoms with van der Waals surface area (Å²) in [5.41, 5.74) is -3.84. The normalized spacial score (nSPS) is 22.6. The number of carboxylic acid groups (broad SMARTS) is 2. The van der Waals surface area contributed by atoms with Crippen LogP contribution in [0.1, 0.15) is 159 Å². The van der Waals surface area contributed by atoms with Crippen molar-refractivity contribution in [1.82, 2.24) is 9.80 Å². The van der Waals surface area contributed by atoms with Crippen molar-refractivity contribution in [2.45, 2.75) is 182 Å². The number of carbonyl (C=O) groups is 2. The summed E-state index contributed by atoms with van der Waals surface area (Å²) >= 11 is 0. The van der Waals surface area contributed by atoms with Crippen LogP contribution in [0.5, 0.6) is 5.75 Å². The highest BCUT2D eigenvalue weighted by molar-refractivity contribution is 5.98. The van der Waals surface area contributed by atoms with Gasteiger partial charge in [0.15, 0.2) is 0 Å². The molecular formula is C42H70N2O5-2. The molecule has 2 heterocycles. The van der Waals surface area contributed by atoms with E-state index in [4.69, 9.17) is 0 Å². The minimum atomic E-state index is -2.34. The first-order valence-electron chi connectivity index (χ1n) is 18.6. The fourth-order valence-corrected chi connectivity index (χ4v) is 10.6. The van der Waals surface area contributed by atoms with E-state index in [0.717, 1.165) is 0 Å². The van der Waals surface area contributed by atoms with Gasteiger partial charge >= 0.3 is 0 Å². The summed E-state index contributed by atoms with van der Waals surface area (Å²) in [7, 11) is 4.26. The first kappa shape index (κ1) is 41.3. The number of benzene rings is 1. The third-order valence-corrected chi connectivity index (χ3v) is 13.5. The number of hydrogen-bond acceptors (Lipinski definition) is 7. The Hall–Kier alpha value is -2.12. The number of hydrogen-bond donors (Lipinski definition) is 1. The van der Waals surface area contributed by atoms with Crippen molar-refractivity contribution in [2.24, 2.45) is 22.7 Å². The summed E-state index contributed by atoms with van der Waals surface area (Å²) in [6, 6.07) is 3.68. The quantitative estimate of drug-likeness (QED) is 0.293. The van der Waals surface area contributed by atoms with Crippen molar-refractivity contribution in [1.29, 1.82) is 0 Å². The van der Waals surface area contributed by atoms with Crippen LogP contribution >= 0.6 is 0 Å². The highest BCUT2D eigenvalue weighted by atomic mass is 16.4. The molecule has 0 radical (unpaired) electrons. The maximum Gasteiger partial charge on any atom is 0.123 e. The Labute approximate surface area is 299 Å². The second-order valence-corrected chi connectivity index (χ2v) is 20.6. The van der Waals surface area contributed by atoms with Gasteiger partial charge in [-0.3, -0.25) is 9.80 Å². The van der Waals surface area contributed by atoms with Crippen LogP contribution in [0.15, 0.2) is 12.1 Å². The van der Waals surface area contributed by atoms with E-state index < -0.39 is 33.6 Å². The summed E-state index contributed by atoms with van der Waals surface area (Å²) < 4.78 is 0. The molecule has 2 fully saturated rings. The lowest BCUT2D eigenvalue weighted by Crippen LogP contribution is -2.73. The van der Waals surface area contributed by atoms with Gasteiger partial charge in [0.1, 0.15) is 5.75 Å². The van der Waals surface area contributed by atoms with E-state index in [0.29, 0.717) is 55.2 Å².